The van der Waals surface area contributed by atoms with E-state index in [4.69, 9.17) is 0 Å². The monoisotopic (exact) mass is 356 g/mol. The van der Waals surface area contributed by atoms with Crippen molar-refractivity contribution in [2.24, 2.45) is 0 Å². The predicted molar refractivity (Wildman–Crippen MR) is 106 cm³/mol. The molecule has 1 amide bonds. The Morgan fingerprint density at radius 2 is 1.70 bits per heavy atom. The standard InChI is InChI=1S/C23H17FN2O/c24-19-8-10-20(11-9-19)26-23(27)14-16-4-6-17(7-5-16)21-3-1-2-18-15-25-13-12-22(18)21/h1-13,15H,14H2,(H,26,27). The van der Waals surface area contributed by atoms with E-state index in [0.29, 0.717) is 5.69 Å². The van der Waals surface area contributed by atoms with Gasteiger partial charge in [-0.15, -0.1) is 0 Å². The molecule has 0 aliphatic heterocycles. The summed E-state index contributed by atoms with van der Waals surface area (Å²) in [5.41, 5.74) is 3.73. The Kier molecular flexibility index (Phi) is 4.62. The lowest BCUT2D eigenvalue weighted by atomic mass is 9.98. The van der Waals surface area contributed by atoms with Crippen LogP contribution < -0.4 is 5.32 Å². The molecule has 132 valence electrons. The number of carbonyl (C=O) groups excluding carboxylic acids is 1. The van der Waals surface area contributed by atoms with E-state index >= 15 is 0 Å². The summed E-state index contributed by atoms with van der Waals surface area (Å²) in [6.45, 7) is 0. The van der Waals surface area contributed by atoms with Crippen molar-refractivity contribution in [3.63, 3.8) is 0 Å². The zero-order valence-corrected chi connectivity index (χ0v) is 14.5. The van der Waals surface area contributed by atoms with E-state index < -0.39 is 0 Å². The molecule has 4 heteroatoms. The lowest BCUT2D eigenvalue weighted by molar-refractivity contribution is -0.115. The molecule has 0 aliphatic carbocycles. The first kappa shape index (κ1) is 16.9. The Morgan fingerprint density at radius 3 is 2.48 bits per heavy atom. The van der Waals surface area contributed by atoms with Crippen LogP contribution in [0.4, 0.5) is 10.1 Å². The maximum Gasteiger partial charge on any atom is 0.228 e. The Balaban J connectivity index is 1.50. The van der Waals surface area contributed by atoms with Gasteiger partial charge in [0.05, 0.1) is 6.42 Å². The lowest BCUT2D eigenvalue weighted by Gasteiger charge is -2.08. The molecule has 27 heavy (non-hydrogen) atoms. The maximum atomic E-state index is 12.9. The molecule has 1 N–H and O–H groups in total. The summed E-state index contributed by atoms with van der Waals surface area (Å²) in [7, 11) is 0. The summed E-state index contributed by atoms with van der Waals surface area (Å²) in [5.74, 6) is -0.460. The molecule has 4 aromatic rings. The van der Waals surface area contributed by atoms with Crippen molar-refractivity contribution < 1.29 is 9.18 Å². The second-order valence-electron chi connectivity index (χ2n) is 6.33. The van der Waals surface area contributed by atoms with Crippen molar-refractivity contribution in [2.45, 2.75) is 6.42 Å². The Hall–Kier alpha value is -3.53. The number of rotatable bonds is 4. The van der Waals surface area contributed by atoms with Crippen LogP contribution in [0.1, 0.15) is 5.56 Å². The molecule has 0 atom stereocenters. The molecule has 0 spiro atoms. The minimum absolute atomic E-state index is 0.134. The first-order chi connectivity index (χ1) is 13.2. The summed E-state index contributed by atoms with van der Waals surface area (Å²) in [6.07, 6.45) is 3.91. The highest BCUT2D eigenvalue weighted by Gasteiger charge is 2.07. The van der Waals surface area contributed by atoms with Gasteiger partial charge in [-0.2, -0.15) is 0 Å². The van der Waals surface area contributed by atoms with Crippen molar-refractivity contribution >= 4 is 22.4 Å². The highest BCUT2D eigenvalue weighted by atomic mass is 19.1. The van der Waals surface area contributed by atoms with Gasteiger partial charge in [0.15, 0.2) is 0 Å². The van der Waals surface area contributed by atoms with Gasteiger partial charge in [0.25, 0.3) is 0 Å². The average molecular weight is 356 g/mol. The van der Waals surface area contributed by atoms with Crippen LogP contribution in [0.15, 0.2) is 85.2 Å². The zero-order valence-electron chi connectivity index (χ0n) is 14.5. The van der Waals surface area contributed by atoms with Crippen molar-refractivity contribution in [3.8, 4) is 11.1 Å². The SMILES string of the molecule is O=C(Cc1ccc(-c2cccc3cnccc23)cc1)Nc1ccc(F)cc1. The molecular formula is C23H17FN2O. The van der Waals surface area contributed by atoms with E-state index in [2.05, 4.69) is 16.4 Å². The number of hydrogen-bond donors (Lipinski definition) is 1. The zero-order chi connectivity index (χ0) is 18.6. The Bertz CT molecular complexity index is 1080. The number of aromatic nitrogens is 1. The van der Waals surface area contributed by atoms with Crippen LogP contribution in [0.2, 0.25) is 0 Å². The van der Waals surface area contributed by atoms with Crippen LogP contribution in [0.5, 0.6) is 0 Å². The number of halogens is 1. The fourth-order valence-electron chi connectivity index (χ4n) is 3.10. The third-order valence-corrected chi connectivity index (χ3v) is 4.44. The predicted octanol–water partition coefficient (Wildman–Crippen LogP) is 5.22. The first-order valence-corrected chi connectivity index (χ1v) is 8.66. The quantitative estimate of drug-likeness (QED) is 0.544. The highest BCUT2D eigenvalue weighted by Crippen LogP contribution is 2.28. The molecule has 3 nitrogen and oxygen atoms in total. The molecule has 4 rings (SSSR count). The second-order valence-corrected chi connectivity index (χ2v) is 6.33. The fourth-order valence-corrected chi connectivity index (χ4v) is 3.10. The number of nitrogens with one attached hydrogen (secondary N) is 1. The van der Waals surface area contributed by atoms with Crippen molar-refractivity contribution in [2.75, 3.05) is 5.32 Å². The molecule has 0 bridgehead atoms. The molecule has 1 aromatic heterocycles. The largest absolute Gasteiger partial charge is 0.326 e. The van der Waals surface area contributed by atoms with Gasteiger partial charge < -0.3 is 5.32 Å². The van der Waals surface area contributed by atoms with Crippen molar-refractivity contribution in [1.29, 1.82) is 0 Å². The summed E-state index contributed by atoms with van der Waals surface area (Å²) >= 11 is 0. The van der Waals surface area contributed by atoms with E-state index in [1.807, 2.05) is 48.7 Å². The molecule has 0 fully saturated rings. The Morgan fingerprint density at radius 1 is 0.926 bits per heavy atom. The van der Waals surface area contributed by atoms with Gasteiger partial charge in [0, 0.05) is 23.5 Å². The third-order valence-electron chi connectivity index (χ3n) is 4.44. The number of amides is 1. The van der Waals surface area contributed by atoms with Crippen LogP contribution >= 0.6 is 0 Å². The van der Waals surface area contributed by atoms with Crippen LogP contribution in [0, 0.1) is 5.82 Å². The second kappa shape index (κ2) is 7.38. The van der Waals surface area contributed by atoms with Crippen molar-refractivity contribution in [3.05, 3.63) is 96.6 Å². The minimum Gasteiger partial charge on any atom is -0.326 e. The fraction of sp³-hybridized carbons (Fsp3) is 0.0435. The van der Waals surface area contributed by atoms with Crippen molar-refractivity contribution in [1.82, 2.24) is 4.98 Å². The lowest BCUT2D eigenvalue weighted by Crippen LogP contribution is -2.14. The summed E-state index contributed by atoms with van der Waals surface area (Å²) in [4.78, 5) is 16.4. The third kappa shape index (κ3) is 3.85. The van der Waals surface area contributed by atoms with E-state index in [1.54, 1.807) is 18.3 Å². The van der Waals surface area contributed by atoms with Gasteiger partial charge in [-0.3, -0.25) is 9.78 Å². The maximum absolute atomic E-state index is 12.9. The Labute approximate surface area is 156 Å². The van der Waals surface area contributed by atoms with Gasteiger partial charge in [0.2, 0.25) is 5.91 Å². The number of benzene rings is 3. The normalized spacial score (nSPS) is 10.7. The van der Waals surface area contributed by atoms with E-state index in [-0.39, 0.29) is 18.1 Å². The molecule has 3 aromatic carbocycles. The summed E-state index contributed by atoms with van der Waals surface area (Å²) < 4.78 is 12.9. The molecule has 1 heterocycles. The number of nitrogens with zero attached hydrogens (tertiary/aromatic N) is 1. The topological polar surface area (TPSA) is 42.0 Å². The first-order valence-electron chi connectivity index (χ1n) is 8.66. The molecule has 0 unspecified atom stereocenters. The van der Waals surface area contributed by atoms with Gasteiger partial charge in [-0.1, -0.05) is 42.5 Å². The number of pyridine rings is 1. The minimum atomic E-state index is -0.326. The molecular weight excluding hydrogens is 339 g/mol. The number of anilines is 1. The van der Waals surface area contributed by atoms with Gasteiger partial charge >= 0.3 is 0 Å². The summed E-state index contributed by atoms with van der Waals surface area (Å²) in [5, 5.41) is 5.02. The molecule has 0 aliphatic rings. The molecule has 0 radical (unpaired) electrons. The van der Waals surface area contributed by atoms with Crippen LogP contribution in [-0.4, -0.2) is 10.9 Å². The average Bonchev–Trinajstić information content (AvgIpc) is 2.70. The van der Waals surface area contributed by atoms with E-state index in [0.717, 1.165) is 27.5 Å². The molecule has 0 saturated carbocycles. The number of fused-ring (bicyclic) bond motifs is 1. The highest BCUT2D eigenvalue weighted by molar-refractivity contribution is 5.96. The number of hydrogen-bond acceptors (Lipinski definition) is 2. The smallest absolute Gasteiger partial charge is 0.228 e. The summed E-state index contributed by atoms with van der Waals surface area (Å²) in [6, 6.07) is 21.9. The van der Waals surface area contributed by atoms with Crippen LogP contribution in [0.3, 0.4) is 0 Å². The van der Waals surface area contributed by atoms with Gasteiger partial charge in [0.1, 0.15) is 5.82 Å². The van der Waals surface area contributed by atoms with Gasteiger partial charge in [-0.25, -0.2) is 4.39 Å². The number of carbonyl (C=O) groups is 1. The van der Waals surface area contributed by atoms with E-state index in [1.165, 1.54) is 12.1 Å². The molecule has 0 saturated heterocycles. The van der Waals surface area contributed by atoms with Crippen LogP contribution in [0.25, 0.3) is 21.9 Å². The van der Waals surface area contributed by atoms with E-state index in [9.17, 15) is 9.18 Å². The van der Waals surface area contributed by atoms with Gasteiger partial charge in [-0.05, 0) is 52.4 Å². The van der Waals surface area contributed by atoms with Crippen LogP contribution in [-0.2, 0) is 11.2 Å².